The van der Waals surface area contributed by atoms with E-state index in [0.29, 0.717) is 0 Å². The fraction of sp³-hybridized carbons (Fsp3) is 0.529. The first-order chi connectivity index (χ1) is 11.8. The molecule has 25 heavy (non-hydrogen) atoms. The molecule has 2 atom stereocenters. The van der Waals surface area contributed by atoms with Gasteiger partial charge >= 0.3 is 12.1 Å². The van der Waals surface area contributed by atoms with E-state index in [9.17, 15) is 27.9 Å². The molecular weight excluding hydrogens is 339 g/mol. The lowest BCUT2D eigenvalue weighted by Crippen LogP contribution is -2.43. The predicted molar refractivity (Wildman–Crippen MR) is 83.2 cm³/mol. The zero-order valence-corrected chi connectivity index (χ0v) is 13.5. The van der Waals surface area contributed by atoms with Gasteiger partial charge in [0.1, 0.15) is 19.3 Å². The van der Waals surface area contributed by atoms with E-state index >= 15 is 0 Å². The van der Waals surface area contributed by atoms with Gasteiger partial charge in [0.05, 0.1) is 0 Å². The van der Waals surface area contributed by atoms with Crippen LogP contribution >= 0.6 is 0 Å². The van der Waals surface area contributed by atoms with Crippen LogP contribution in [0.5, 0.6) is 0 Å². The number of carbonyl (C=O) groups excluding carboxylic acids is 1. The molecule has 5 nitrogen and oxygen atoms in total. The Morgan fingerprint density at radius 1 is 1.32 bits per heavy atom. The maximum atomic E-state index is 12.0. The van der Waals surface area contributed by atoms with Gasteiger partial charge < -0.3 is 15.2 Å². The van der Waals surface area contributed by atoms with Gasteiger partial charge in [-0.1, -0.05) is 24.3 Å². The number of amides is 1. The van der Waals surface area contributed by atoms with E-state index in [1.54, 1.807) is 0 Å². The number of carboxylic acids is 1. The molecule has 2 N–H and O–H groups in total. The molecule has 0 aliphatic heterocycles. The smallest absolute Gasteiger partial charge is 0.411 e. The molecule has 1 aliphatic carbocycles. The van der Waals surface area contributed by atoms with E-state index in [-0.39, 0.29) is 12.3 Å². The van der Waals surface area contributed by atoms with E-state index in [0.717, 1.165) is 24.8 Å². The zero-order chi connectivity index (χ0) is 18.4. The average Bonchev–Trinajstić information content (AvgIpc) is 2.53. The second-order valence-corrected chi connectivity index (χ2v) is 6.09. The maximum absolute atomic E-state index is 12.0. The molecule has 2 unspecified atom stereocenters. The summed E-state index contributed by atoms with van der Waals surface area (Å²) in [5, 5.41) is 11.6. The van der Waals surface area contributed by atoms with Crippen LogP contribution in [-0.4, -0.2) is 42.4 Å². The van der Waals surface area contributed by atoms with Gasteiger partial charge in [-0.05, 0) is 42.7 Å². The number of aryl methyl sites for hydroxylation is 1. The van der Waals surface area contributed by atoms with Gasteiger partial charge in [0.2, 0.25) is 5.91 Å². The summed E-state index contributed by atoms with van der Waals surface area (Å²) in [4.78, 5) is 23.1. The summed E-state index contributed by atoms with van der Waals surface area (Å²) < 4.78 is 40.2. The van der Waals surface area contributed by atoms with Crippen molar-refractivity contribution in [3.63, 3.8) is 0 Å². The molecule has 0 spiro atoms. The lowest BCUT2D eigenvalue weighted by atomic mass is 9.79. The van der Waals surface area contributed by atoms with Crippen molar-refractivity contribution < 1.29 is 32.6 Å². The summed E-state index contributed by atoms with van der Waals surface area (Å²) in [5.74, 6) is -2.10. The van der Waals surface area contributed by atoms with E-state index in [1.807, 2.05) is 24.3 Å². The molecule has 1 aromatic rings. The van der Waals surface area contributed by atoms with Crippen molar-refractivity contribution >= 4 is 11.9 Å². The summed E-state index contributed by atoms with van der Waals surface area (Å²) in [6.07, 6.45) is -1.67. The largest absolute Gasteiger partial charge is 0.480 e. The number of ether oxygens (including phenoxy) is 1. The third-order valence-corrected chi connectivity index (χ3v) is 4.15. The summed E-state index contributed by atoms with van der Waals surface area (Å²) in [5.41, 5.74) is 2.24. The number of nitrogens with one attached hydrogen (secondary N) is 1. The molecule has 0 saturated heterocycles. The Morgan fingerprint density at radius 2 is 2.04 bits per heavy atom. The third kappa shape index (κ3) is 6.04. The van der Waals surface area contributed by atoms with Crippen molar-refractivity contribution in [1.29, 1.82) is 0 Å². The van der Waals surface area contributed by atoms with Crippen LogP contribution in [0.25, 0.3) is 0 Å². The van der Waals surface area contributed by atoms with E-state index in [2.05, 4.69) is 10.1 Å². The van der Waals surface area contributed by atoms with Gasteiger partial charge in [0.25, 0.3) is 0 Å². The van der Waals surface area contributed by atoms with Crippen LogP contribution in [-0.2, 0) is 20.7 Å². The number of hydrogen-bond donors (Lipinski definition) is 2. The highest BCUT2D eigenvalue weighted by atomic mass is 19.4. The number of rotatable bonds is 7. The lowest BCUT2D eigenvalue weighted by Gasteiger charge is -2.28. The molecule has 1 aromatic carbocycles. The summed E-state index contributed by atoms with van der Waals surface area (Å²) >= 11 is 0. The number of aliphatic carboxylic acids is 1. The Morgan fingerprint density at radius 3 is 2.72 bits per heavy atom. The van der Waals surface area contributed by atoms with Crippen molar-refractivity contribution in [1.82, 2.24) is 5.32 Å². The van der Waals surface area contributed by atoms with E-state index in [4.69, 9.17) is 0 Å². The molecule has 1 aliphatic rings. The van der Waals surface area contributed by atoms with Crippen molar-refractivity contribution in [2.45, 2.75) is 43.8 Å². The summed E-state index contributed by atoms with van der Waals surface area (Å²) in [6.45, 7) is -2.38. The highest BCUT2D eigenvalue weighted by Gasteiger charge is 2.30. The molecule has 1 amide bonds. The fourth-order valence-corrected chi connectivity index (χ4v) is 3.10. The van der Waals surface area contributed by atoms with Crippen LogP contribution in [0.1, 0.15) is 36.3 Å². The summed E-state index contributed by atoms with van der Waals surface area (Å²) in [6, 6.07) is 6.59. The molecule has 2 rings (SSSR count). The number of fused-ring (bicyclic) bond motifs is 1. The van der Waals surface area contributed by atoms with Crippen LogP contribution in [0.2, 0.25) is 0 Å². The first kappa shape index (κ1) is 19.2. The van der Waals surface area contributed by atoms with Crippen molar-refractivity contribution in [2.75, 3.05) is 13.2 Å². The first-order valence-corrected chi connectivity index (χ1v) is 8.00. The Bertz CT molecular complexity index is 618. The highest BCUT2D eigenvalue weighted by Crippen LogP contribution is 2.34. The highest BCUT2D eigenvalue weighted by molar-refractivity contribution is 5.84. The van der Waals surface area contributed by atoms with Crippen molar-refractivity contribution in [2.24, 2.45) is 0 Å². The molecule has 0 bridgehead atoms. The second kappa shape index (κ2) is 8.33. The second-order valence-electron chi connectivity index (χ2n) is 6.09. The van der Waals surface area contributed by atoms with Gasteiger partial charge in [0.15, 0.2) is 0 Å². The molecular formula is C17H20F3NO4. The number of alkyl halides is 3. The number of carboxylic acid groups (broad SMARTS) is 1. The Kier molecular flexibility index (Phi) is 6.41. The molecule has 0 saturated carbocycles. The Balaban J connectivity index is 1.93. The van der Waals surface area contributed by atoms with Crippen LogP contribution < -0.4 is 5.32 Å². The van der Waals surface area contributed by atoms with Crippen LogP contribution in [0.15, 0.2) is 24.3 Å². The van der Waals surface area contributed by atoms with Gasteiger partial charge in [-0.25, -0.2) is 4.79 Å². The number of benzene rings is 1. The van der Waals surface area contributed by atoms with Crippen molar-refractivity contribution in [3.05, 3.63) is 35.4 Å². The molecule has 0 radical (unpaired) electrons. The maximum Gasteiger partial charge on any atom is 0.411 e. The quantitative estimate of drug-likeness (QED) is 0.785. The number of carbonyl (C=O) groups is 2. The predicted octanol–water partition coefficient (Wildman–Crippen LogP) is 2.64. The fourth-order valence-electron chi connectivity index (χ4n) is 3.10. The molecule has 8 heteroatoms. The standard InChI is InChI=1S/C17H20F3NO4/c18-17(19,20)10-25-9-15(22)21-14(16(23)24)8-12-6-3-5-11-4-1-2-7-13(11)12/h1-2,4,7,12,14H,3,5-6,8-10H2,(H,21,22)(H,23,24). The topological polar surface area (TPSA) is 75.6 Å². The average molecular weight is 359 g/mol. The van der Waals surface area contributed by atoms with Gasteiger partial charge in [-0.15, -0.1) is 0 Å². The zero-order valence-electron chi connectivity index (χ0n) is 13.5. The third-order valence-electron chi connectivity index (χ3n) is 4.15. The van der Waals surface area contributed by atoms with Crippen LogP contribution in [0, 0.1) is 0 Å². The SMILES string of the molecule is O=C(COCC(F)(F)F)NC(CC1CCCc2ccccc21)C(=O)O. The van der Waals surface area contributed by atoms with Crippen LogP contribution in [0.4, 0.5) is 13.2 Å². The van der Waals surface area contributed by atoms with E-state index < -0.39 is 37.3 Å². The monoisotopic (exact) mass is 359 g/mol. The summed E-state index contributed by atoms with van der Waals surface area (Å²) in [7, 11) is 0. The van der Waals surface area contributed by atoms with Gasteiger partial charge in [-0.3, -0.25) is 4.79 Å². The minimum atomic E-state index is -4.53. The number of hydrogen-bond acceptors (Lipinski definition) is 3. The minimum absolute atomic E-state index is 0.0116. The molecule has 0 fully saturated rings. The lowest BCUT2D eigenvalue weighted by molar-refractivity contribution is -0.176. The first-order valence-electron chi connectivity index (χ1n) is 8.00. The Hall–Kier alpha value is -2.09. The minimum Gasteiger partial charge on any atom is -0.480 e. The molecule has 0 heterocycles. The Labute approximate surface area is 143 Å². The van der Waals surface area contributed by atoms with Crippen LogP contribution in [0.3, 0.4) is 0 Å². The molecule has 138 valence electrons. The van der Waals surface area contributed by atoms with Gasteiger partial charge in [-0.2, -0.15) is 13.2 Å². The van der Waals surface area contributed by atoms with E-state index in [1.165, 1.54) is 5.56 Å². The normalized spacial score (nSPS) is 18.3. The van der Waals surface area contributed by atoms with Crippen molar-refractivity contribution in [3.8, 4) is 0 Å². The molecule has 0 aromatic heterocycles. The number of halogens is 3. The van der Waals surface area contributed by atoms with Gasteiger partial charge in [0, 0.05) is 0 Å².